The molecule has 1 aromatic rings. The first-order valence-electron chi connectivity index (χ1n) is 6.13. The van der Waals surface area contributed by atoms with Gasteiger partial charge in [0.05, 0.1) is 29.4 Å². The van der Waals surface area contributed by atoms with Gasteiger partial charge in [0, 0.05) is 6.42 Å². The summed E-state index contributed by atoms with van der Waals surface area (Å²) in [5, 5.41) is 20.5. The lowest BCUT2D eigenvalue weighted by molar-refractivity contribution is -0.123. The summed E-state index contributed by atoms with van der Waals surface area (Å²) in [6, 6.07) is 7.88. The summed E-state index contributed by atoms with van der Waals surface area (Å²) in [5.41, 5.74) is -1.15. The van der Waals surface area contributed by atoms with Gasteiger partial charge in [-0.25, -0.2) is 8.42 Å². The van der Waals surface area contributed by atoms with Crippen LogP contribution in [0.2, 0.25) is 0 Å². The van der Waals surface area contributed by atoms with Crippen molar-refractivity contribution in [1.29, 1.82) is 0 Å². The van der Waals surface area contributed by atoms with E-state index >= 15 is 0 Å². The van der Waals surface area contributed by atoms with Gasteiger partial charge in [-0.2, -0.15) is 0 Å². The Kier molecular flexibility index (Phi) is 5.67. The van der Waals surface area contributed by atoms with Gasteiger partial charge in [-0.3, -0.25) is 4.79 Å². The van der Waals surface area contributed by atoms with Crippen molar-refractivity contribution < 1.29 is 23.4 Å². The summed E-state index contributed by atoms with van der Waals surface area (Å²) in [6.07, 6.45) is -0.229. The van der Waals surface area contributed by atoms with Crippen molar-refractivity contribution in [3.05, 3.63) is 30.3 Å². The normalized spacial score (nSPS) is 12.2. The highest BCUT2D eigenvalue weighted by Crippen LogP contribution is 2.11. The predicted octanol–water partition coefficient (Wildman–Crippen LogP) is -0.290. The molecule has 0 spiro atoms. The third kappa shape index (κ3) is 4.59. The van der Waals surface area contributed by atoms with Crippen LogP contribution >= 0.6 is 0 Å². The van der Waals surface area contributed by atoms with E-state index in [4.69, 9.17) is 10.2 Å². The van der Waals surface area contributed by atoms with Crippen LogP contribution in [0.25, 0.3) is 0 Å². The second-order valence-electron chi connectivity index (χ2n) is 4.81. The standard InChI is InChI=1S/C13H19NO5S/c1-13(9-15,10-16)14-12(17)7-8-20(18,19)11-5-3-2-4-6-11/h2-6,15-16H,7-10H2,1H3,(H,14,17). The molecule has 0 saturated heterocycles. The summed E-state index contributed by atoms with van der Waals surface area (Å²) in [5.74, 6) is -0.856. The van der Waals surface area contributed by atoms with Gasteiger partial charge in [0.1, 0.15) is 0 Å². The van der Waals surface area contributed by atoms with Gasteiger partial charge in [0.15, 0.2) is 9.84 Å². The maximum absolute atomic E-state index is 12.0. The van der Waals surface area contributed by atoms with Crippen LogP contribution in [0, 0.1) is 0 Å². The van der Waals surface area contributed by atoms with Crippen molar-refractivity contribution in [2.75, 3.05) is 19.0 Å². The lowest BCUT2D eigenvalue weighted by atomic mass is 10.1. The number of nitrogens with one attached hydrogen (secondary N) is 1. The van der Waals surface area contributed by atoms with Gasteiger partial charge in [-0.05, 0) is 19.1 Å². The van der Waals surface area contributed by atoms with Gasteiger partial charge in [0.25, 0.3) is 0 Å². The molecule has 7 heteroatoms. The van der Waals surface area contributed by atoms with E-state index in [-0.39, 0.29) is 17.1 Å². The molecule has 0 heterocycles. The molecule has 3 N–H and O–H groups in total. The molecule has 0 bridgehead atoms. The van der Waals surface area contributed by atoms with Crippen LogP contribution in [0.5, 0.6) is 0 Å². The van der Waals surface area contributed by atoms with Crippen molar-refractivity contribution in [3.8, 4) is 0 Å². The average Bonchev–Trinajstić information content (AvgIpc) is 2.46. The number of aliphatic hydroxyl groups is 2. The molecule has 1 aromatic carbocycles. The minimum Gasteiger partial charge on any atom is -0.394 e. The zero-order chi connectivity index (χ0) is 15.2. The van der Waals surface area contributed by atoms with Crippen LogP contribution in [0.15, 0.2) is 35.2 Å². The topological polar surface area (TPSA) is 104 Å². The van der Waals surface area contributed by atoms with Crippen molar-refractivity contribution in [1.82, 2.24) is 5.32 Å². The zero-order valence-corrected chi connectivity index (χ0v) is 12.1. The van der Waals surface area contributed by atoms with Crippen molar-refractivity contribution in [2.45, 2.75) is 23.8 Å². The first-order chi connectivity index (χ1) is 9.33. The smallest absolute Gasteiger partial charge is 0.221 e. The van der Waals surface area contributed by atoms with E-state index in [0.29, 0.717) is 0 Å². The summed E-state index contributed by atoms with van der Waals surface area (Å²) >= 11 is 0. The molecule has 0 saturated carbocycles. The maximum Gasteiger partial charge on any atom is 0.221 e. The first kappa shape index (κ1) is 16.6. The Balaban J connectivity index is 2.62. The Morgan fingerprint density at radius 3 is 2.25 bits per heavy atom. The highest BCUT2D eigenvalue weighted by atomic mass is 32.2. The number of aliphatic hydroxyl groups excluding tert-OH is 2. The summed E-state index contributed by atoms with van der Waals surface area (Å²) < 4.78 is 23.9. The molecule has 1 rings (SSSR count). The molecule has 20 heavy (non-hydrogen) atoms. The third-order valence-electron chi connectivity index (χ3n) is 2.84. The molecule has 0 aliphatic carbocycles. The van der Waals surface area contributed by atoms with Crippen molar-refractivity contribution in [2.24, 2.45) is 0 Å². The molecule has 0 aromatic heterocycles. The van der Waals surface area contributed by atoms with E-state index in [0.717, 1.165) is 0 Å². The second kappa shape index (κ2) is 6.83. The van der Waals surface area contributed by atoms with Gasteiger partial charge < -0.3 is 15.5 Å². The SMILES string of the molecule is CC(CO)(CO)NC(=O)CCS(=O)(=O)c1ccccc1. The number of carbonyl (C=O) groups excluding carboxylic acids is 1. The van der Waals surface area contributed by atoms with Crippen LogP contribution < -0.4 is 5.32 Å². The molecule has 1 amide bonds. The Labute approximate surface area is 118 Å². The van der Waals surface area contributed by atoms with Crippen molar-refractivity contribution >= 4 is 15.7 Å². The van der Waals surface area contributed by atoms with Crippen molar-refractivity contribution in [3.63, 3.8) is 0 Å². The van der Waals surface area contributed by atoms with Crippen LogP contribution in [-0.2, 0) is 14.6 Å². The average molecular weight is 301 g/mol. The van der Waals surface area contributed by atoms with E-state index in [2.05, 4.69) is 5.32 Å². The monoisotopic (exact) mass is 301 g/mol. The Bertz CT molecular complexity index is 537. The molecule has 0 radical (unpaired) electrons. The minimum atomic E-state index is -3.51. The van der Waals surface area contributed by atoms with E-state index in [1.807, 2.05) is 0 Å². The van der Waals surface area contributed by atoms with Gasteiger partial charge in [0.2, 0.25) is 5.91 Å². The number of rotatable bonds is 7. The molecule has 0 fully saturated rings. The summed E-state index contributed by atoms with van der Waals surface area (Å²) in [6.45, 7) is 0.609. The Morgan fingerprint density at radius 2 is 1.75 bits per heavy atom. The predicted molar refractivity (Wildman–Crippen MR) is 73.8 cm³/mol. The third-order valence-corrected chi connectivity index (χ3v) is 4.57. The summed E-state index contributed by atoms with van der Waals surface area (Å²) in [4.78, 5) is 11.8. The minimum absolute atomic E-state index is 0.167. The van der Waals surface area contributed by atoms with E-state index < -0.39 is 34.5 Å². The van der Waals surface area contributed by atoms with Crippen LogP contribution in [0.1, 0.15) is 13.3 Å². The molecular weight excluding hydrogens is 282 g/mol. The number of sulfone groups is 1. The lowest BCUT2D eigenvalue weighted by Crippen LogP contribution is -2.52. The molecule has 0 aliphatic heterocycles. The second-order valence-corrected chi connectivity index (χ2v) is 6.92. The number of benzene rings is 1. The molecule has 0 aliphatic rings. The molecule has 0 atom stereocenters. The molecule has 0 unspecified atom stereocenters. The molecule has 112 valence electrons. The fourth-order valence-electron chi connectivity index (χ4n) is 1.50. The number of hydrogen-bond acceptors (Lipinski definition) is 5. The number of hydrogen-bond donors (Lipinski definition) is 3. The van der Waals surface area contributed by atoms with Crippen LogP contribution in [0.4, 0.5) is 0 Å². The first-order valence-corrected chi connectivity index (χ1v) is 7.79. The highest BCUT2D eigenvalue weighted by molar-refractivity contribution is 7.91. The fourth-order valence-corrected chi connectivity index (χ4v) is 2.76. The van der Waals surface area contributed by atoms with Crippen LogP contribution in [-0.4, -0.2) is 49.0 Å². The largest absolute Gasteiger partial charge is 0.394 e. The summed E-state index contributed by atoms with van der Waals surface area (Å²) in [7, 11) is -3.51. The maximum atomic E-state index is 12.0. The number of carbonyl (C=O) groups is 1. The zero-order valence-electron chi connectivity index (χ0n) is 11.2. The highest BCUT2D eigenvalue weighted by Gasteiger charge is 2.25. The van der Waals surface area contributed by atoms with Gasteiger partial charge in [-0.1, -0.05) is 18.2 Å². The fraction of sp³-hybridized carbons (Fsp3) is 0.462. The van der Waals surface area contributed by atoms with E-state index in [1.165, 1.54) is 19.1 Å². The number of amides is 1. The van der Waals surface area contributed by atoms with E-state index in [9.17, 15) is 13.2 Å². The quantitative estimate of drug-likeness (QED) is 0.642. The van der Waals surface area contributed by atoms with Gasteiger partial charge in [-0.15, -0.1) is 0 Å². The Hall–Kier alpha value is -1.44. The van der Waals surface area contributed by atoms with Crippen LogP contribution in [0.3, 0.4) is 0 Å². The molecular formula is C13H19NO5S. The lowest BCUT2D eigenvalue weighted by Gasteiger charge is -2.26. The Morgan fingerprint density at radius 1 is 1.20 bits per heavy atom. The molecule has 6 nitrogen and oxygen atoms in total. The van der Waals surface area contributed by atoms with Gasteiger partial charge >= 0.3 is 0 Å². The van der Waals surface area contributed by atoms with E-state index in [1.54, 1.807) is 18.2 Å².